The van der Waals surface area contributed by atoms with Gasteiger partial charge < -0.3 is 5.32 Å². The lowest BCUT2D eigenvalue weighted by atomic mass is 9.94. The smallest absolute Gasteiger partial charge is 0.276 e. The monoisotopic (exact) mass is 410 g/mol. The number of hydrogen-bond donors (Lipinski definition) is 1. The first-order valence-corrected chi connectivity index (χ1v) is 10.6. The molecule has 2 aromatic rings. The van der Waals surface area contributed by atoms with Crippen LogP contribution in [0.5, 0.6) is 0 Å². The number of piperidine rings is 1. The number of carbonyl (C=O) groups is 1. The van der Waals surface area contributed by atoms with Gasteiger partial charge in [0.15, 0.2) is 5.69 Å². The quantitative estimate of drug-likeness (QED) is 0.839. The van der Waals surface area contributed by atoms with Crippen molar-refractivity contribution < 1.29 is 13.2 Å². The van der Waals surface area contributed by atoms with Gasteiger partial charge in [-0.15, -0.1) is 0 Å². The number of halogens is 1. The minimum absolute atomic E-state index is 0.190. The fraction of sp³-hybridized carbons (Fsp3) is 0.444. The number of anilines is 1. The molecular weight excluding hydrogens is 388 g/mol. The maximum Gasteiger partial charge on any atom is 0.276 e. The van der Waals surface area contributed by atoms with E-state index in [1.165, 1.54) is 22.9 Å². The topological polar surface area (TPSA) is 84.3 Å². The van der Waals surface area contributed by atoms with E-state index < -0.39 is 15.9 Å². The van der Waals surface area contributed by atoms with Crippen LogP contribution in [0.1, 0.15) is 30.8 Å². The van der Waals surface area contributed by atoms with Gasteiger partial charge in [-0.3, -0.25) is 9.48 Å². The van der Waals surface area contributed by atoms with Gasteiger partial charge in [0, 0.05) is 31.9 Å². The van der Waals surface area contributed by atoms with Gasteiger partial charge in [0.2, 0.25) is 10.0 Å². The molecule has 1 N–H and O–H groups in total. The number of sulfonamides is 1. The molecule has 2 atom stereocenters. The second-order valence-corrected chi connectivity index (χ2v) is 9.55. The Morgan fingerprint density at radius 2 is 1.78 bits per heavy atom. The molecule has 0 saturated carbocycles. The highest BCUT2D eigenvalue weighted by molar-refractivity contribution is 7.89. The van der Waals surface area contributed by atoms with Crippen LogP contribution in [0.15, 0.2) is 35.2 Å². The van der Waals surface area contributed by atoms with Crippen LogP contribution in [0.25, 0.3) is 0 Å². The predicted octanol–water partition coefficient (Wildman–Crippen LogP) is 2.99. The lowest BCUT2D eigenvalue weighted by Gasteiger charge is -2.34. The Labute approximate surface area is 164 Å². The Kier molecular flexibility index (Phi) is 5.60. The van der Waals surface area contributed by atoms with Gasteiger partial charge in [0.1, 0.15) is 5.15 Å². The van der Waals surface area contributed by atoms with E-state index in [2.05, 4.69) is 24.3 Å². The molecule has 0 radical (unpaired) electrons. The number of amides is 1. The Bertz CT molecular complexity index is 911. The summed E-state index contributed by atoms with van der Waals surface area (Å²) in [6, 6.07) is 7.65. The summed E-state index contributed by atoms with van der Waals surface area (Å²) >= 11 is 5.89. The van der Waals surface area contributed by atoms with E-state index in [0.29, 0.717) is 35.8 Å². The molecule has 1 aliphatic heterocycles. The lowest BCUT2D eigenvalue weighted by Crippen LogP contribution is -2.42. The van der Waals surface area contributed by atoms with E-state index in [4.69, 9.17) is 11.6 Å². The largest absolute Gasteiger partial charge is 0.321 e. The standard InChI is InChI=1S/C18H23ClN4O3S/c1-12-8-13(2)11-23(10-12)27(25,26)15-6-4-14(5-7-15)20-18(24)16-9-17(19)22(3)21-16/h4-7,9,12-13H,8,10-11H2,1-3H3,(H,20,24). The first-order valence-electron chi connectivity index (χ1n) is 8.78. The summed E-state index contributed by atoms with van der Waals surface area (Å²) in [6.07, 6.45) is 1.04. The van der Waals surface area contributed by atoms with Crippen LogP contribution in [-0.2, 0) is 17.1 Å². The van der Waals surface area contributed by atoms with Crippen molar-refractivity contribution in [2.45, 2.75) is 25.2 Å². The first kappa shape index (κ1) is 19.9. The Hall–Kier alpha value is -1.90. The van der Waals surface area contributed by atoms with Crippen LogP contribution in [-0.4, -0.2) is 41.5 Å². The molecule has 0 bridgehead atoms. The average molecular weight is 411 g/mol. The molecule has 0 aliphatic carbocycles. The second-order valence-electron chi connectivity index (χ2n) is 7.22. The van der Waals surface area contributed by atoms with E-state index >= 15 is 0 Å². The summed E-state index contributed by atoms with van der Waals surface area (Å²) in [5.74, 6) is 0.270. The number of aromatic nitrogens is 2. The third-order valence-corrected chi connectivity index (χ3v) is 6.84. The lowest BCUT2D eigenvalue weighted by molar-refractivity contribution is 0.102. The third kappa shape index (κ3) is 4.34. The number of hydrogen-bond acceptors (Lipinski definition) is 4. The highest BCUT2D eigenvalue weighted by Crippen LogP contribution is 2.27. The van der Waals surface area contributed by atoms with Gasteiger partial charge in [-0.05, 0) is 42.5 Å². The van der Waals surface area contributed by atoms with Gasteiger partial charge in [0.25, 0.3) is 5.91 Å². The van der Waals surface area contributed by atoms with Gasteiger partial charge in [-0.25, -0.2) is 8.42 Å². The van der Waals surface area contributed by atoms with Crippen molar-refractivity contribution >= 4 is 33.2 Å². The third-order valence-electron chi connectivity index (χ3n) is 4.64. The van der Waals surface area contributed by atoms with E-state index in [1.807, 2.05) is 0 Å². The molecule has 1 saturated heterocycles. The number of nitrogens with zero attached hydrogens (tertiary/aromatic N) is 3. The van der Waals surface area contributed by atoms with Crippen LogP contribution in [0.4, 0.5) is 5.69 Å². The van der Waals surface area contributed by atoms with Gasteiger partial charge in [-0.2, -0.15) is 9.40 Å². The molecule has 3 rings (SSSR count). The van der Waals surface area contributed by atoms with Crippen LogP contribution in [0, 0.1) is 11.8 Å². The second kappa shape index (κ2) is 7.61. The molecular formula is C18H23ClN4O3S. The zero-order chi connectivity index (χ0) is 19.8. The van der Waals surface area contributed by atoms with Crippen molar-refractivity contribution in [2.24, 2.45) is 18.9 Å². The Morgan fingerprint density at radius 1 is 1.19 bits per heavy atom. The molecule has 0 spiro atoms. The number of aryl methyl sites for hydroxylation is 1. The van der Waals surface area contributed by atoms with Crippen LogP contribution in [0.2, 0.25) is 5.15 Å². The fourth-order valence-corrected chi connectivity index (χ4v) is 5.23. The molecule has 1 aromatic carbocycles. The van der Waals surface area contributed by atoms with E-state index in [0.717, 1.165) is 6.42 Å². The zero-order valence-electron chi connectivity index (χ0n) is 15.5. The summed E-state index contributed by atoms with van der Waals surface area (Å²) < 4.78 is 28.7. The van der Waals surface area contributed by atoms with Gasteiger partial charge in [0.05, 0.1) is 4.90 Å². The molecule has 2 heterocycles. The molecule has 1 aromatic heterocycles. The minimum Gasteiger partial charge on any atom is -0.321 e. The van der Waals surface area contributed by atoms with E-state index in [1.54, 1.807) is 23.5 Å². The molecule has 146 valence electrons. The van der Waals surface area contributed by atoms with E-state index in [-0.39, 0.29) is 10.6 Å². The maximum atomic E-state index is 12.9. The molecule has 1 aliphatic rings. The van der Waals surface area contributed by atoms with Gasteiger partial charge in [-0.1, -0.05) is 25.4 Å². The summed E-state index contributed by atoms with van der Waals surface area (Å²) in [5, 5.41) is 7.05. The normalized spacial score (nSPS) is 21.2. The number of benzene rings is 1. The highest BCUT2D eigenvalue weighted by atomic mass is 35.5. The summed E-state index contributed by atoms with van der Waals surface area (Å²) in [4.78, 5) is 12.4. The van der Waals surface area contributed by atoms with Crippen LogP contribution >= 0.6 is 11.6 Å². The van der Waals surface area contributed by atoms with Crippen molar-refractivity contribution in [3.05, 3.63) is 41.2 Å². The maximum absolute atomic E-state index is 12.9. The number of nitrogens with one attached hydrogen (secondary N) is 1. The Morgan fingerprint density at radius 3 is 2.30 bits per heavy atom. The summed E-state index contributed by atoms with van der Waals surface area (Å²) in [5.41, 5.74) is 0.677. The van der Waals surface area contributed by atoms with Gasteiger partial charge >= 0.3 is 0 Å². The predicted molar refractivity (Wildman–Crippen MR) is 104 cm³/mol. The molecule has 2 unspecified atom stereocenters. The highest BCUT2D eigenvalue weighted by Gasteiger charge is 2.31. The van der Waals surface area contributed by atoms with Crippen molar-refractivity contribution in [3.63, 3.8) is 0 Å². The molecule has 9 heteroatoms. The number of carbonyl (C=O) groups excluding carboxylic acids is 1. The SMILES string of the molecule is CC1CC(C)CN(S(=O)(=O)c2ccc(NC(=O)c3cc(Cl)n(C)n3)cc2)C1. The number of rotatable bonds is 4. The van der Waals surface area contributed by atoms with Crippen molar-refractivity contribution in [1.29, 1.82) is 0 Å². The summed E-state index contributed by atoms with van der Waals surface area (Å²) in [7, 11) is -1.90. The zero-order valence-corrected chi connectivity index (χ0v) is 17.1. The van der Waals surface area contributed by atoms with Crippen LogP contribution < -0.4 is 5.32 Å². The minimum atomic E-state index is -3.54. The molecule has 1 amide bonds. The first-order chi connectivity index (χ1) is 12.7. The van der Waals surface area contributed by atoms with E-state index in [9.17, 15) is 13.2 Å². The van der Waals surface area contributed by atoms with Crippen molar-refractivity contribution in [2.75, 3.05) is 18.4 Å². The molecule has 1 fully saturated rings. The summed E-state index contributed by atoms with van der Waals surface area (Å²) in [6.45, 7) is 5.21. The Balaban J connectivity index is 1.73. The molecule has 7 nitrogen and oxygen atoms in total. The van der Waals surface area contributed by atoms with Crippen molar-refractivity contribution in [3.8, 4) is 0 Å². The fourth-order valence-electron chi connectivity index (χ4n) is 3.41. The van der Waals surface area contributed by atoms with Crippen LogP contribution in [0.3, 0.4) is 0 Å². The molecule has 27 heavy (non-hydrogen) atoms. The average Bonchev–Trinajstić information content (AvgIpc) is 2.94. The van der Waals surface area contributed by atoms with Crippen molar-refractivity contribution in [1.82, 2.24) is 14.1 Å².